The number of fused-ring (bicyclic) bond motifs is 5. The number of methoxy groups -OCH3 is 1. The topological polar surface area (TPSA) is 116 Å². The zero-order valence-electron chi connectivity index (χ0n) is 25.1. The Morgan fingerprint density at radius 2 is 1.78 bits per heavy atom. The standard InChI is InChI=1S/C33H47NO7/c1-20(5-14-30(36)40-4)26-12-13-27-25-11-8-22-18-24(15-16-32(22,2)28(25)19-29(35)33(26,27)3)41-31(37)17-21-6-9-23(10-7-21)34(38)39/h6-7,9-10,20,22,24-29,35H,5,8,11-19H2,1-4H3/t20-,22-,24-,25+,26-,27+,28+,29+,32+,33-/m1/s1. The van der Waals surface area contributed by atoms with Gasteiger partial charge in [0, 0.05) is 18.6 Å². The fourth-order valence-electron chi connectivity index (χ4n) is 10.0. The van der Waals surface area contributed by atoms with Crippen molar-refractivity contribution in [3.63, 3.8) is 0 Å². The van der Waals surface area contributed by atoms with Gasteiger partial charge in [-0.15, -0.1) is 0 Å². The zero-order valence-corrected chi connectivity index (χ0v) is 25.1. The van der Waals surface area contributed by atoms with Gasteiger partial charge in [0.25, 0.3) is 5.69 Å². The molecule has 0 spiro atoms. The Hall–Kier alpha value is -2.48. The van der Waals surface area contributed by atoms with Gasteiger partial charge in [-0.05, 0) is 110 Å². The Labute approximate surface area is 243 Å². The SMILES string of the molecule is COC(=O)CC[C@@H](C)[C@H]1CC[C@H]2[C@@H]3CC[C@@H]4C[C@H](OC(=O)Cc5ccc([N+](=O)[O-])cc5)CC[C@]4(C)[C@H]3C[C@H](O)[C@]12C. The number of aliphatic hydroxyl groups is 1. The highest BCUT2D eigenvalue weighted by atomic mass is 16.6. The van der Waals surface area contributed by atoms with Crippen LogP contribution in [-0.2, 0) is 25.5 Å². The summed E-state index contributed by atoms with van der Waals surface area (Å²) < 4.78 is 10.8. The lowest BCUT2D eigenvalue weighted by Crippen LogP contribution is -2.59. The minimum Gasteiger partial charge on any atom is -0.469 e. The van der Waals surface area contributed by atoms with E-state index in [-0.39, 0.29) is 47.1 Å². The van der Waals surface area contributed by atoms with Gasteiger partial charge in [0.05, 0.1) is 24.6 Å². The zero-order chi connectivity index (χ0) is 29.5. The molecule has 1 N–H and O–H groups in total. The molecule has 0 radical (unpaired) electrons. The molecular formula is C33H47NO7. The summed E-state index contributed by atoms with van der Waals surface area (Å²) in [6, 6.07) is 6.08. The quantitative estimate of drug-likeness (QED) is 0.223. The van der Waals surface area contributed by atoms with E-state index in [4.69, 9.17) is 9.47 Å². The Bertz CT molecular complexity index is 1140. The van der Waals surface area contributed by atoms with E-state index in [2.05, 4.69) is 20.8 Å². The van der Waals surface area contributed by atoms with Crippen LogP contribution in [0.1, 0.15) is 90.5 Å². The molecule has 0 aromatic heterocycles. The first-order chi connectivity index (χ1) is 19.5. The van der Waals surface area contributed by atoms with Crippen LogP contribution in [0.4, 0.5) is 5.69 Å². The van der Waals surface area contributed by atoms with Gasteiger partial charge < -0.3 is 14.6 Å². The smallest absolute Gasteiger partial charge is 0.310 e. The third-order valence-corrected chi connectivity index (χ3v) is 12.3. The molecule has 41 heavy (non-hydrogen) atoms. The third-order valence-electron chi connectivity index (χ3n) is 12.3. The monoisotopic (exact) mass is 569 g/mol. The molecule has 4 saturated carbocycles. The molecule has 1 aromatic carbocycles. The first-order valence-corrected chi connectivity index (χ1v) is 15.6. The Kier molecular flexibility index (Phi) is 8.53. The Morgan fingerprint density at radius 1 is 1.05 bits per heavy atom. The minimum absolute atomic E-state index is 0.0126. The lowest BCUT2D eigenvalue weighted by Gasteiger charge is -2.62. The Balaban J connectivity index is 1.21. The van der Waals surface area contributed by atoms with Crippen LogP contribution in [0.15, 0.2) is 24.3 Å². The number of non-ortho nitro benzene ring substituents is 1. The van der Waals surface area contributed by atoms with Crippen molar-refractivity contribution in [1.82, 2.24) is 0 Å². The molecule has 4 fully saturated rings. The maximum Gasteiger partial charge on any atom is 0.310 e. The maximum absolute atomic E-state index is 12.7. The fraction of sp³-hybridized carbons (Fsp3) is 0.758. The van der Waals surface area contributed by atoms with Gasteiger partial charge >= 0.3 is 11.9 Å². The normalized spacial score (nSPS) is 38.6. The fourth-order valence-corrected chi connectivity index (χ4v) is 10.0. The highest BCUT2D eigenvalue weighted by Crippen LogP contribution is 2.68. The van der Waals surface area contributed by atoms with Crippen LogP contribution in [0.3, 0.4) is 0 Å². The number of hydrogen-bond donors (Lipinski definition) is 1. The van der Waals surface area contributed by atoms with Crippen molar-refractivity contribution in [2.24, 2.45) is 46.3 Å². The van der Waals surface area contributed by atoms with E-state index >= 15 is 0 Å². The second kappa shape index (κ2) is 11.7. The average molecular weight is 570 g/mol. The molecule has 10 atom stereocenters. The molecular weight excluding hydrogens is 522 g/mol. The second-order valence-electron chi connectivity index (χ2n) is 14.0. The van der Waals surface area contributed by atoms with Gasteiger partial charge in [0.1, 0.15) is 6.10 Å². The summed E-state index contributed by atoms with van der Waals surface area (Å²) >= 11 is 0. The molecule has 0 bridgehead atoms. The van der Waals surface area contributed by atoms with Crippen molar-refractivity contribution in [3.8, 4) is 0 Å². The van der Waals surface area contributed by atoms with Gasteiger partial charge in [-0.25, -0.2) is 0 Å². The summed E-state index contributed by atoms with van der Waals surface area (Å²) in [5, 5.41) is 22.7. The number of carbonyl (C=O) groups is 2. The molecule has 8 heteroatoms. The van der Waals surface area contributed by atoms with Crippen LogP contribution in [0, 0.1) is 56.5 Å². The number of hydrogen-bond acceptors (Lipinski definition) is 7. The predicted molar refractivity (Wildman–Crippen MR) is 154 cm³/mol. The van der Waals surface area contributed by atoms with E-state index in [1.165, 1.54) is 25.7 Å². The number of ether oxygens (including phenoxy) is 2. The third kappa shape index (κ3) is 5.53. The van der Waals surface area contributed by atoms with Crippen LogP contribution in [0.25, 0.3) is 0 Å². The molecule has 1 aromatic rings. The molecule has 4 aliphatic rings. The van der Waals surface area contributed by atoms with Crippen molar-refractivity contribution >= 4 is 17.6 Å². The van der Waals surface area contributed by atoms with Gasteiger partial charge in [-0.2, -0.15) is 0 Å². The average Bonchev–Trinajstić information content (AvgIpc) is 3.31. The van der Waals surface area contributed by atoms with Crippen molar-refractivity contribution < 1.29 is 29.1 Å². The summed E-state index contributed by atoms with van der Waals surface area (Å²) in [6.07, 6.45) is 9.08. The maximum atomic E-state index is 12.7. The van der Waals surface area contributed by atoms with Crippen LogP contribution in [-0.4, -0.2) is 41.3 Å². The van der Waals surface area contributed by atoms with E-state index in [0.29, 0.717) is 41.9 Å². The molecule has 0 heterocycles. The number of rotatable bonds is 8. The van der Waals surface area contributed by atoms with Crippen molar-refractivity contribution in [1.29, 1.82) is 0 Å². The van der Waals surface area contributed by atoms with Crippen LogP contribution in [0.5, 0.6) is 0 Å². The van der Waals surface area contributed by atoms with E-state index in [0.717, 1.165) is 56.9 Å². The predicted octanol–water partition coefficient (Wildman–Crippen LogP) is 6.27. The van der Waals surface area contributed by atoms with E-state index < -0.39 is 4.92 Å². The molecule has 0 saturated heterocycles. The summed E-state index contributed by atoms with van der Waals surface area (Å²) in [6.45, 7) is 7.02. The Morgan fingerprint density at radius 3 is 2.46 bits per heavy atom. The summed E-state index contributed by atoms with van der Waals surface area (Å²) in [5.74, 6) is 2.45. The van der Waals surface area contributed by atoms with Gasteiger partial charge in [-0.3, -0.25) is 19.7 Å². The van der Waals surface area contributed by atoms with Gasteiger partial charge in [0.15, 0.2) is 0 Å². The second-order valence-corrected chi connectivity index (χ2v) is 14.0. The van der Waals surface area contributed by atoms with E-state index in [1.54, 1.807) is 12.1 Å². The van der Waals surface area contributed by atoms with Crippen molar-refractivity contribution in [3.05, 3.63) is 39.9 Å². The lowest BCUT2D eigenvalue weighted by molar-refractivity contribution is -0.384. The van der Waals surface area contributed by atoms with Crippen molar-refractivity contribution in [2.45, 2.75) is 104 Å². The molecule has 0 amide bonds. The molecule has 4 aliphatic carbocycles. The minimum atomic E-state index is -0.444. The number of carbonyl (C=O) groups excluding carboxylic acids is 2. The van der Waals surface area contributed by atoms with E-state index in [9.17, 15) is 24.8 Å². The number of benzene rings is 1. The van der Waals surface area contributed by atoms with E-state index in [1.807, 2.05) is 0 Å². The van der Waals surface area contributed by atoms with Gasteiger partial charge in [0.2, 0.25) is 0 Å². The van der Waals surface area contributed by atoms with Crippen LogP contribution in [0.2, 0.25) is 0 Å². The van der Waals surface area contributed by atoms with Gasteiger partial charge in [-0.1, -0.05) is 32.9 Å². The molecule has 0 unspecified atom stereocenters. The number of esters is 2. The highest BCUT2D eigenvalue weighted by Gasteiger charge is 2.63. The first kappa shape index (κ1) is 30.0. The number of aliphatic hydroxyl groups excluding tert-OH is 1. The lowest BCUT2D eigenvalue weighted by atomic mass is 9.43. The van der Waals surface area contributed by atoms with Crippen LogP contribution < -0.4 is 0 Å². The molecule has 5 rings (SSSR count). The molecule has 226 valence electrons. The van der Waals surface area contributed by atoms with Crippen LogP contribution >= 0.6 is 0 Å². The highest BCUT2D eigenvalue weighted by molar-refractivity contribution is 5.73. The summed E-state index contributed by atoms with van der Waals surface area (Å²) in [4.78, 5) is 35.0. The summed E-state index contributed by atoms with van der Waals surface area (Å²) in [7, 11) is 1.45. The first-order valence-electron chi connectivity index (χ1n) is 15.6. The number of nitrogens with zero attached hydrogens (tertiary/aromatic N) is 1. The number of nitro groups is 1. The van der Waals surface area contributed by atoms with Crippen molar-refractivity contribution in [2.75, 3.05) is 7.11 Å². The largest absolute Gasteiger partial charge is 0.469 e. The molecule has 8 nitrogen and oxygen atoms in total. The summed E-state index contributed by atoms with van der Waals surface area (Å²) in [5.41, 5.74) is 0.764. The number of nitro benzene ring substituents is 1. The molecule has 0 aliphatic heterocycles.